The number of rotatable bonds is 6. The highest BCUT2D eigenvalue weighted by molar-refractivity contribution is 7.07. The molecule has 0 spiro atoms. The van der Waals surface area contributed by atoms with E-state index in [4.69, 9.17) is 20.8 Å². The van der Waals surface area contributed by atoms with Gasteiger partial charge in [0.25, 0.3) is 11.2 Å². The monoisotopic (exact) mass is 603 g/mol. The fraction of sp³-hybridized carbons (Fsp3) is 0.148. The Morgan fingerprint density at radius 1 is 1.22 bits per heavy atom. The van der Waals surface area contributed by atoms with Crippen LogP contribution in [0.3, 0.4) is 0 Å². The Labute approximate surface area is 237 Å². The summed E-state index contributed by atoms with van der Waals surface area (Å²) in [6.45, 7) is 1.25. The molecule has 14 heteroatoms. The van der Waals surface area contributed by atoms with Gasteiger partial charge in [0.05, 0.1) is 27.7 Å². The third kappa shape index (κ3) is 5.45. The maximum atomic E-state index is 14.2. The number of fused-ring (bicyclic) bond motifs is 1. The van der Waals surface area contributed by atoms with Crippen molar-refractivity contribution < 1.29 is 32.0 Å². The number of halogens is 4. The molecule has 0 amide bonds. The van der Waals surface area contributed by atoms with Crippen molar-refractivity contribution in [2.45, 2.75) is 19.1 Å². The number of ether oxygens (including phenoxy) is 1. The predicted molar refractivity (Wildman–Crippen MR) is 143 cm³/mol. The van der Waals surface area contributed by atoms with Crippen molar-refractivity contribution in [3.05, 3.63) is 118 Å². The van der Waals surface area contributed by atoms with Gasteiger partial charge < -0.3 is 9.15 Å². The molecule has 1 aliphatic rings. The number of hydrogen-bond donors (Lipinski definition) is 0. The number of allylic oxidation sites excluding steroid dienone is 1. The van der Waals surface area contributed by atoms with Gasteiger partial charge in [0.2, 0.25) is 0 Å². The Morgan fingerprint density at radius 2 is 1.95 bits per heavy atom. The molecule has 0 radical (unpaired) electrons. The minimum absolute atomic E-state index is 0.0192. The average molecular weight is 604 g/mol. The number of esters is 1. The Balaban J connectivity index is 1.68. The fourth-order valence-corrected chi connectivity index (χ4v) is 5.40. The summed E-state index contributed by atoms with van der Waals surface area (Å²) in [7, 11) is 0. The molecule has 0 bridgehead atoms. The van der Waals surface area contributed by atoms with Gasteiger partial charge in [0.1, 0.15) is 11.5 Å². The van der Waals surface area contributed by atoms with E-state index in [0.717, 1.165) is 4.57 Å². The zero-order valence-corrected chi connectivity index (χ0v) is 22.4. The molecule has 0 aliphatic carbocycles. The molecule has 41 heavy (non-hydrogen) atoms. The molecule has 3 heterocycles. The van der Waals surface area contributed by atoms with Crippen LogP contribution < -0.4 is 14.9 Å². The summed E-state index contributed by atoms with van der Waals surface area (Å²) in [6.07, 6.45) is -3.71. The Kier molecular flexibility index (Phi) is 7.41. The molecule has 0 fully saturated rings. The van der Waals surface area contributed by atoms with Gasteiger partial charge in [-0.05, 0) is 36.8 Å². The molecule has 1 atom stereocenters. The lowest BCUT2D eigenvalue weighted by Crippen LogP contribution is -2.41. The summed E-state index contributed by atoms with van der Waals surface area (Å²) in [4.78, 5) is 40.5. The molecule has 1 aliphatic heterocycles. The largest absolute Gasteiger partial charge is 0.463 e. The summed E-state index contributed by atoms with van der Waals surface area (Å²) in [5, 5.41) is 11.4. The van der Waals surface area contributed by atoms with Crippen molar-refractivity contribution >= 4 is 40.7 Å². The van der Waals surface area contributed by atoms with Crippen molar-refractivity contribution in [3.8, 4) is 11.3 Å². The van der Waals surface area contributed by atoms with E-state index >= 15 is 0 Å². The van der Waals surface area contributed by atoms with Gasteiger partial charge in [-0.25, -0.2) is 9.79 Å². The number of carbonyl (C=O) groups excluding carboxylic acids is 1. The number of benzene rings is 2. The molecular formula is C27H17ClF3N3O6S. The Hall–Kier alpha value is -4.49. The van der Waals surface area contributed by atoms with E-state index in [1.807, 2.05) is 0 Å². The summed E-state index contributed by atoms with van der Waals surface area (Å²) < 4.78 is 54.3. The van der Waals surface area contributed by atoms with Gasteiger partial charge in [-0.15, -0.1) is 0 Å². The molecule has 0 saturated heterocycles. The van der Waals surface area contributed by atoms with Crippen molar-refractivity contribution in [1.29, 1.82) is 0 Å². The SMILES string of the molecule is CCOC(=O)C1=C(C(F)(F)F)N=c2s/c(=C\c3ccc(-c4cccc([N+](=O)[O-])c4)o3)c(=O)n2[C@@H]1c1ccc(Cl)cc1. The van der Waals surface area contributed by atoms with Gasteiger partial charge >= 0.3 is 12.1 Å². The number of nitro benzene ring substituents is 1. The van der Waals surface area contributed by atoms with Crippen LogP contribution in [0.5, 0.6) is 0 Å². The van der Waals surface area contributed by atoms with E-state index in [0.29, 0.717) is 21.9 Å². The number of non-ortho nitro benzene ring substituents is 1. The number of hydrogen-bond acceptors (Lipinski definition) is 8. The van der Waals surface area contributed by atoms with Crippen molar-refractivity contribution in [2.24, 2.45) is 4.99 Å². The first-order chi connectivity index (χ1) is 19.5. The van der Waals surface area contributed by atoms with Crippen LogP contribution in [-0.4, -0.2) is 28.2 Å². The molecule has 0 unspecified atom stereocenters. The second-order valence-electron chi connectivity index (χ2n) is 8.62. The van der Waals surface area contributed by atoms with Crippen LogP contribution in [0.4, 0.5) is 18.9 Å². The number of carbonyl (C=O) groups is 1. The van der Waals surface area contributed by atoms with Gasteiger partial charge in [0.15, 0.2) is 10.5 Å². The van der Waals surface area contributed by atoms with Crippen LogP contribution in [0.2, 0.25) is 5.02 Å². The zero-order chi connectivity index (χ0) is 29.5. The summed E-state index contributed by atoms with van der Waals surface area (Å²) in [5.74, 6) is -0.818. The first-order valence-corrected chi connectivity index (χ1v) is 13.1. The third-order valence-corrected chi connectivity index (χ3v) is 7.26. The number of nitro groups is 1. The first kappa shape index (κ1) is 28.1. The van der Waals surface area contributed by atoms with E-state index in [9.17, 15) is 32.9 Å². The molecule has 9 nitrogen and oxygen atoms in total. The van der Waals surface area contributed by atoms with Gasteiger partial charge in [-0.2, -0.15) is 13.2 Å². The molecule has 0 N–H and O–H groups in total. The first-order valence-electron chi connectivity index (χ1n) is 11.9. The van der Waals surface area contributed by atoms with E-state index in [2.05, 4.69) is 4.99 Å². The van der Waals surface area contributed by atoms with Gasteiger partial charge in [0, 0.05) is 28.8 Å². The fourth-order valence-electron chi connectivity index (χ4n) is 4.29. The average Bonchev–Trinajstić information content (AvgIpc) is 3.52. The highest BCUT2D eigenvalue weighted by atomic mass is 35.5. The zero-order valence-electron chi connectivity index (χ0n) is 20.8. The smallest absolute Gasteiger partial charge is 0.434 e. The highest BCUT2D eigenvalue weighted by Gasteiger charge is 2.45. The lowest BCUT2D eigenvalue weighted by Gasteiger charge is -2.26. The second kappa shape index (κ2) is 10.8. The highest BCUT2D eigenvalue weighted by Crippen LogP contribution is 2.38. The molecular weight excluding hydrogens is 587 g/mol. The predicted octanol–water partition coefficient (Wildman–Crippen LogP) is 5.16. The van der Waals surface area contributed by atoms with E-state index in [1.165, 1.54) is 61.5 Å². The quantitative estimate of drug-likeness (QED) is 0.171. The van der Waals surface area contributed by atoms with Crippen LogP contribution in [0.15, 0.2) is 86.1 Å². The minimum atomic E-state index is -5.03. The lowest BCUT2D eigenvalue weighted by molar-refractivity contribution is -0.384. The van der Waals surface area contributed by atoms with Gasteiger partial charge in [-0.3, -0.25) is 19.5 Å². The number of aromatic nitrogens is 1. The van der Waals surface area contributed by atoms with E-state index in [-0.39, 0.29) is 38.7 Å². The summed E-state index contributed by atoms with van der Waals surface area (Å²) in [6, 6.07) is 13.0. The standard InChI is InChI=1S/C27H17ClF3N3O6S/c1-2-39-25(36)21-22(14-6-8-16(28)9-7-14)33-24(35)20(41-26(33)32-23(21)27(29,30)31)13-18-10-11-19(40-18)15-4-3-5-17(12-15)34(37)38/h3-13,22H,2H2,1H3/b20-13-/t22-/m1/s1. The third-order valence-electron chi connectivity index (χ3n) is 6.02. The number of alkyl halides is 3. The Bertz CT molecular complexity index is 1890. The Morgan fingerprint density at radius 3 is 2.61 bits per heavy atom. The van der Waals surface area contributed by atoms with E-state index < -0.39 is 39.9 Å². The van der Waals surface area contributed by atoms with Crippen molar-refractivity contribution in [2.75, 3.05) is 6.61 Å². The van der Waals surface area contributed by atoms with Crippen LogP contribution in [-0.2, 0) is 9.53 Å². The van der Waals surface area contributed by atoms with Crippen LogP contribution in [0, 0.1) is 10.1 Å². The molecule has 0 saturated carbocycles. The van der Waals surface area contributed by atoms with E-state index in [1.54, 1.807) is 12.1 Å². The molecule has 2 aromatic carbocycles. The molecule has 2 aromatic heterocycles. The topological polar surface area (TPSA) is 117 Å². The maximum Gasteiger partial charge on any atom is 0.434 e. The number of nitrogens with zero attached hydrogens (tertiary/aromatic N) is 3. The van der Waals surface area contributed by atoms with Crippen molar-refractivity contribution in [3.63, 3.8) is 0 Å². The maximum absolute atomic E-state index is 14.2. The lowest BCUT2D eigenvalue weighted by atomic mass is 9.95. The minimum Gasteiger partial charge on any atom is -0.463 e. The van der Waals surface area contributed by atoms with Crippen molar-refractivity contribution in [1.82, 2.24) is 4.57 Å². The van der Waals surface area contributed by atoms with Crippen LogP contribution >= 0.6 is 22.9 Å². The molecule has 210 valence electrons. The number of thiazole rings is 1. The van der Waals surface area contributed by atoms with Gasteiger partial charge in [-0.1, -0.05) is 47.2 Å². The van der Waals surface area contributed by atoms with Crippen LogP contribution in [0.25, 0.3) is 17.4 Å². The summed E-state index contributed by atoms with van der Waals surface area (Å²) >= 11 is 6.66. The number of furan rings is 1. The second-order valence-corrected chi connectivity index (χ2v) is 10.1. The normalized spacial score (nSPS) is 15.4. The molecule has 5 rings (SSSR count). The molecule has 4 aromatic rings. The summed E-state index contributed by atoms with van der Waals surface area (Å²) in [5.41, 5.74) is -2.55. The van der Waals surface area contributed by atoms with Crippen LogP contribution in [0.1, 0.15) is 24.3 Å².